The van der Waals surface area contributed by atoms with Gasteiger partial charge >= 0.3 is 5.97 Å². The lowest BCUT2D eigenvalue weighted by atomic mass is 10.3. The zero-order valence-electron chi connectivity index (χ0n) is 6.49. The number of carboxylic acid groups (broad SMARTS) is 1. The average molecular weight is 173 g/mol. The van der Waals surface area contributed by atoms with Crippen LogP contribution in [-0.2, 0) is 9.59 Å². The van der Waals surface area contributed by atoms with Crippen LogP contribution in [0.5, 0.6) is 0 Å². The van der Waals surface area contributed by atoms with E-state index >= 15 is 0 Å². The summed E-state index contributed by atoms with van der Waals surface area (Å²) in [6.45, 7) is -0.131. The van der Waals surface area contributed by atoms with Crippen LogP contribution in [0, 0.1) is 0 Å². The fraction of sp³-hybridized carbons (Fsp3) is 0.429. The zero-order valence-corrected chi connectivity index (χ0v) is 6.49. The predicted molar refractivity (Wildman–Crippen MR) is 41.5 cm³/mol. The number of ketones is 1. The molecule has 3 N–H and O–H groups in total. The van der Waals surface area contributed by atoms with Crippen LogP contribution in [0.4, 0.5) is 0 Å². The molecule has 0 aliphatic rings. The van der Waals surface area contributed by atoms with Crippen molar-refractivity contribution in [1.82, 2.24) is 5.32 Å². The van der Waals surface area contributed by atoms with Crippen molar-refractivity contribution in [3.8, 4) is 0 Å². The molecule has 0 saturated heterocycles. The summed E-state index contributed by atoms with van der Waals surface area (Å²) < 4.78 is 0. The lowest BCUT2D eigenvalue weighted by Crippen LogP contribution is -2.18. The number of nitrogens with one attached hydrogen (secondary N) is 1. The van der Waals surface area contributed by atoms with Crippen LogP contribution in [-0.4, -0.2) is 35.1 Å². The number of aliphatic hydroxyl groups is 1. The third-order valence-electron chi connectivity index (χ3n) is 1.03. The molecular formula is C7H11NO4. The molecule has 0 atom stereocenters. The highest BCUT2D eigenvalue weighted by Crippen LogP contribution is 1.78. The summed E-state index contributed by atoms with van der Waals surface area (Å²) in [5.41, 5.74) is 0. The number of hydrogen-bond acceptors (Lipinski definition) is 4. The van der Waals surface area contributed by atoms with Gasteiger partial charge in [0.05, 0.1) is 13.2 Å². The lowest BCUT2D eigenvalue weighted by molar-refractivity contribution is -0.131. The molecule has 12 heavy (non-hydrogen) atoms. The summed E-state index contributed by atoms with van der Waals surface area (Å²) in [5.74, 6) is -1.23. The third-order valence-corrected chi connectivity index (χ3v) is 1.03. The Labute approximate surface area is 69.7 Å². The van der Waals surface area contributed by atoms with Gasteiger partial charge in [-0.25, -0.2) is 4.79 Å². The van der Waals surface area contributed by atoms with Gasteiger partial charge in [-0.3, -0.25) is 4.79 Å². The van der Waals surface area contributed by atoms with Gasteiger partial charge in [-0.05, 0) is 0 Å². The number of Topliss-reactive ketones (excluding diaryl/α,β-unsaturated/α-hetero) is 1. The van der Waals surface area contributed by atoms with Gasteiger partial charge < -0.3 is 15.5 Å². The van der Waals surface area contributed by atoms with Crippen LogP contribution in [0.2, 0.25) is 0 Å². The van der Waals surface area contributed by atoms with Crippen molar-refractivity contribution >= 4 is 11.8 Å². The van der Waals surface area contributed by atoms with Gasteiger partial charge in [-0.2, -0.15) is 0 Å². The maximum atomic E-state index is 10.7. The van der Waals surface area contributed by atoms with E-state index in [9.17, 15) is 9.59 Å². The van der Waals surface area contributed by atoms with Crippen LogP contribution in [0.25, 0.3) is 0 Å². The minimum atomic E-state index is -1.07. The van der Waals surface area contributed by atoms with E-state index in [1.54, 1.807) is 0 Å². The first kappa shape index (κ1) is 10.6. The predicted octanol–water partition coefficient (Wildman–Crippen LogP) is -0.874. The second-order valence-electron chi connectivity index (χ2n) is 2.06. The van der Waals surface area contributed by atoms with Crippen LogP contribution >= 0.6 is 0 Å². The van der Waals surface area contributed by atoms with Crippen LogP contribution in [0.1, 0.15) is 6.42 Å². The fourth-order valence-electron chi connectivity index (χ4n) is 0.516. The summed E-state index contributed by atoms with van der Waals surface area (Å²) >= 11 is 0. The van der Waals surface area contributed by atoms with Gasteiger partial charge in [-0.15, -0.1) is 0 Å². The Morgan fingerprint density at radius 2 is 2.08 bits per heavy atom. The maximum Gasteiger partial charge on any atom is 0.329 e. The van der Waals surface area contributed by atoms with Gasteiger partial charge in [0.1, 0.15) is 0 Å². The Morgan fingerprint density at radius 3 is 2.58 bits per heavy atom. The molecule has 5 nitrogen and oxygen atoms in total. The Hall–Kier alpha value is -1.36. The van der Waals surface area contributed by atoms with Gasteiger partial charge in [0.2, 0.25) is 0 Å². The van der Waals surface area contributed by atoms with Gasteiger partial charge in [0.15, 0.2) is 5.78 Å². The Bertz CT molecular complexity index is 188. The molecule has 5 heteroatoms. The number of hydrogen-bond donors (Lipinski definition) is 3. The summed E-state index contributed by atoms with van der Waals surface area (Å²) in [6, 6.07) is 0. The molecule has 0 radical (unpaired) electrons. The fourth-order valence-corrected chi connectivity index (χ4v) is 0.516. The smallest absolute Gasteiger partial charge is 0.329 e. The van der Waals surface area contributed by atoms with Crippen molar-refractivity contribution in [3.05, 3.63) is 12.3 Å². The molecule has 68 valence electrons. The molecule has 0 fully saturated rings. The second-order valence-corrected chi connectivity index (χ2v) is 2.06. The molecule has 0 aromatic carbocycles. The molecule has 0 saturated carbocycles. The largest absolute Gasteiger partial charge is 0.478 e. The SMILES string of the molecule is O=C(O)C=CNCC(=O)CCO. The number of aliphatic hydroxyl groups excluding tert-OH is 1. The maximum absolute atomic E-state index is 10.7. The molecular weight excluding hydrogens is 162 g/mol. The monoisotopic (exact) mass is 173 g/mol. The molecule has 0 aromatic rings. The van der Waals surface area contributed by atoms with Crippen molar-refractivity contribution in [2.24, 2.45) is 0 Å². The molecule has 0 aliphatic heterocycles. The van der Waals surface area contributed by atoms with Crippen LogP contribution in [0.3, 0.4) is 0 Å². The molecule has 0 rings (SSSR count). The average Bonchev–Trinajstić information content (AvgIpc) is 1.98. The van der Waals surface area contributed by atoms with E-state index in [-0.39, 0.29) is 25.4 Å². The molecule has 0 spiro atoms. The number of aliphatic carboxylic acids is 1. The van der Waals surface area contributed by atoms with Crippen molar-refractivity contribution < 1.29 is 19.8 Å². The van der Waals surface area contributed by atoms with E-state index in [2.05, 4.69) is 5.32 Å². The first-order valence-corrected chi connectivity index (χ1v) is 3.42. The lowest BCUT2D eigenvalue weighted by Gasteiger charge is -1.96. The number of carboxylic acids is 1. The van der Waals surface area contributed by atoms with Gasteiger partial charge in [0.25, 0.3) is 0 Å². The molecule has 0 unspecified atom stereocenters. The highest BCUT2D eigenvalue weighted by Gasteiger charge is 1.96. The molecule has 0 aromatic heterocycles. The Kier molecular flexibility index (Phi) is 5.64. The molecule has 0 bridgehead atoms. The number of rotatable bonds is 6. The van der Waals surface area contributed by atoms with E-state index in [0.29, 0.717) is 0 Å². The summed E-state index contributed by atoms with van der Waals surface area (Å²) in [5, 5.41) is 18.9. The zero-order chi connectivity index (χ0) is 9.40. The second kappa shape index (κ2) is 6.36. The minimum absolute atomic E-state index is 0.0460. The van der Waals surface area contributed by atoms with E-state index in [1.165, 1.54) is 6.20 Å². The standard InChI is InChI=1S/C7H11NO4/c9-4-2-6(10)5-8-3-1-7(11)12/h1,3,8-9H,2,4-5H2,(H,11,12). The first-order valence-electron chi connectivity index (χ1n) is 3.42. The van der Waals surface area contributed by atoms with E-state index < -0.39 is 5.97 Å². The van der Waals surface area contributed by atoms with Crippen molar-refractivity contribution in [1.29, 1.82) is 0 Å². The van der Waals surface area contributed by atoms with E-state index in [0.717, 1.165) is 6.08 Å². The first-order chi connectivity index (χ1) is 5.66. The topological polar surface area (TPSA) is 86.6 Å². The van der Waals surface area contributed by atoms with Gasteiger partial charge in [0, 0.05) is 18.7 Å². The van der Waals surface area contributed by atoms with Crippen molar-refractivity contribution in [3.63, 3.8) is 0 Å². The quantitative estimate of drug-likeness (QED) is 0.454. The highest BCUT2D eigenvalue weighted by molar-refractivity contribution is 5.81. The highest BCUT2D eigenvalue weighted by atomic mass is 16.4. The summed E-state index contributed by atoms with van der Waals surface area (Å²) in [7, 11) is 0. The molecule has 0 heterocycles. The van der Waals surface area contributed by atoms with Crippen molar-refractivity contribution in [2.75, 3.05) is 13.2 Å². The summed E-state index contributed by atoms with van der Waals surface area (Å²) in [6.07, 6.45) is 2.16. The van der Waals surface area contributed by atoms with Gasteiger partial charge in [-0.1, -0.05) is 0 Å². The Balaban J connectivity index is 3.43. The summed E-state index contributed by atoms with van der Waals surface area (Å²) in [4.78, 5) is 20.6. The molecule has 0 aliphatic carbocycles. The van der Waals surface area contributed by atoms with E-state index in [1.807, 2.05) is 0 Å². The van der Waals surface area contributed by atoms with E-state index in [4.69, 9.17) is 10.2 Å². The van der Waals surface area contributed by atoms with Crippen LogP contribution < -0.4 is 5.32 Å². The third kappa shape index (κ3) is 6.76. The number of carbonyl (C=O) groups is 2. The normalized spacial score (nSPS) is 10.1. The van der Waals surface area contributed by atoms with Crippen molar-refractivity contribution in [2.45, 2.75) is 6.42 Å². The molecule has 0 amide bonds. The minimum Gasteiger partial charge on any atom is -0.478 e. The Morgan fingerprint density at radius 1 is 1.42 bits per heavy atom. The van der Waals surface area contributed by atoms with Crippen LogP contribution in [0.15, 0.2) is 12.3 Å². The number of carbonyl (C=O) groups excluding carboxylic acids is 1.